The number of nitrogens with zero attached hydrogens (tertiary/aromatic N) is 1. The number of ether oxygens (including phenoxy) is 3. The predicted octanol–water partition coefficient (Wildman–Crippen LogP) is 2.61. The van der Waals surface area contributed by atoms with Gasteiger partial charge in [-0.15, -0.1) is 0 Å². The molecule has 6 heteroatoms. The Morgan fingerprint density at radius 1 is 1.27 bits per heavy atom. The molecular weight excluding hydrogens is 334 g/mol. The van der Waals surface area contributed by atoms with Crippen molar-refractivity contribution >= 4 is 6.09 Å². The van der Waals surface area contributed by atoms with Crippen LogP contribution in [0.3, 0.4) is 0 Å². The number of piperidine rings is 1. The summed E-state index contributed by atoms with van der Waals surface area (Å²) in [5.74, 6) is 0.909. The molecule has 0 radical (unpaired) electrons. The van der Waals surface area contributed by atoms with Crippen LogP contribution in [0.4, 0.5) is 4.79 Å². The van der Waals surface area contributed by atoms with Crippen molar-refractivity contribution in [3.8, 4) is 5.75 Å². The Kier molecular flexibility index (Phi) is 4.15. The minimum Gasteiger partial charge on any atom is -0.493 e. The largest absolute Gasteiger partial charge is 0.493 e. The van der Waals surface area contributed by atoms with Crippen molar-refractivity contribution in [3.05, 3.63) is 29.3 Å². The van der Waals surface area contributed by atoms with E-state index in [1.54, 1.807) is 4.90 Å². The number of morpholine rings is 1. The third-order valence-electron chi connectivity index (χ3n) is 5.38. The van der Waals surface area contributed by atoms with E-state index in [0.717, 1.165) is 23.3 Å². The van der Waals surface area contributed by atoms with Crippen LogP contribution in [0.15, 0.2) is 18.2 Å². The van der Waals surface area contributed by atoms with E-state index in [1.165, 1.54) is 0 Å². The maximum absolute atomic E-state index is 12.7. The fourth-order valence-electron chi connectivity index (χ4n) is 4.30. The monoisotopic (exact) mass is 361 g/mol. The average molecular weight is 361 g/mol. The summed E-state index contributed by atoms with van der Waals surface area (Å²) >= 11 is 0. The second-order valence-electron chi connectivity index (χ2n) is 8.59. The Labute approximate surface area is 154 Å². The third kappa shape index (κ3) is 3.16. The molecule has 2 atom stereocenters. The molecule has 0 spiro atoms. The highest BCUT2D eigenvalue weighted by Crippen LogP contribution is 2.43. The second-order valence-corrected chi connectivity index (χ2v) is 8.59. The molecule has 1 aromatic carbocycles. The molecule has 26 heavy (non-hydrogen) atoms. The van der Waals surface area contributed by atoms with E-state index in [9.17, 15) is 9.90 Å². The molecule has 6 nitrogen and oxygen atoms in total. The maximum atomic E-state index is 12.7. The summed E-state index contributed by atoms with van der Waals surface area (Å²) in [7, 11) is 0. The highest BCUT2D eigenvalue weighted by molar-refractivity contribution is 5.69. The van der Waals surface area contributed by atoms with E-state index in [4.69, 9.17) is 14.2 Å². The van der Waals surface area contributed by atoms with Gasteiger partial charge in [0.15, 0.2) is 0 Å². The number of carbonyl (C=O) groups is 1. The minimum atomic E-state index is -0.963. The zero-order valence-electron chi connectivity index (χ0n) is 15.7. The average Bonchev–Trinajstić information content (AvgIpc) is 2.99. The lowest BCUT2D eigenvalue weighted by Gasteiger charge is -2.51. The lowest BCUT2D eigenvalue weighted by Crippen LogP contribution is -2.63. The molecule has 0 saturated carbocycles. The van der Waals surface area contributed by atoms with Crippen LogP contribution in [0.25, 0.3) is 0 Å². The van der Waals surface area contributed by atoms with Crippen molar-refractivity contribution < 1.29 is 24.1 Å². The quantitative estimate of drug-likeness (QED) is 0.833. The summed E-state index contributed by atoms with van der Waals surface area (Å²) in [5.41, 5.74) is 0.546. The Hall–Kier alpha value is -1.79. The smallest absolute Gasteiger partial charge is 0.410 e. The van der Waals surface area contributed by atoms with Crippen molar-refractivity contribution in [1.29, 1.82) is 0 Å². The van der Waals surface area contributed by atoms with Gasteiger partial charge in [-0.05, 0) is 44.0 Å². The van der Waals surface area contributed by atoms with E-state index < -0.39 is 11.2 Å². The van der Waals surface area contributed by atoms with E-state index in [-0.39, 0.29) is 18.2 Å². The molecule has 3 aliphatic heterocycles. The molecule has 1 N–H and O–H groups in total. The zero-order valence-corrected chi connectivity index (χ0v) is 15.7. The fourth-order valence-corrected chi connectivity index (χ4v) is 4.30. The molecule has 0 aromatic heterocycles. The first-order valence-electron chi connectivity index (χ1n) is 9.33. The molecule has 3 aliphatic rings. The van der Waals surface area contributed by atoms with Crippen LogP contribution in [0.1, 0.15) is 44.7 Å². The van der Waals surface area contributed by atoms with Gasteiger partial charge in [-0.2, -0.15) is 0 Å². The van der Waals surface area contributed by atoms with Gasteiger partial charge in [-0.3, -0.25) is 4.90 Å². The van der Waals surface area contributed by atoms with Crippen LogP contribution in [-0.4, -0.2) is 53.6 Å². The summed E-state index contributed by atoms with van der Waals surface area (Å²) < 4.78 is 16.8. The van der Waals surface area contributed by atoms with Gasteiger partial charge in [0.1, 0.15) is 11.4 Å². The van der Waals surface area contributed by atoms with Crippen molar-refractivity contribution in [2.75, 3.05) is 19.8 Å². The number of hydrogen-bond acceptors (Lipinski definition) is 5. The van der Waals surface area contributed by atoms with E-state index in [0.29, 0.717) is 32.7 Å². The summed E-state index contributed by atoms with van der Waals surface area (Å²) in [6, 6.07) is 5.58. The van der Waals surface area contributed by atoms with Gasteiger partial charge >= 0.3 is 6.09 Å². The highest BCUT2D eigenvalue weighted by atomic mass is 16.6. The first-order chi connectivity index (χ1) is 12.3. The fraction of sp³-hybridized carbons (Fsp3) is 0.650. The van der Waals surface area contributed by atoms with Gasteiger partial charge in [0, 0.05) is 19.3 Å². The van der Waals surface area contributed by atoms with Gasteiger partial charge in [0.05, 0.1) is 37.5 Å². The van der Waals surface area contributed by atoms with Gasteiger partial charge in [0.25, 0.3) is 0 Å². The van der Waals surface area contributed by atoms with E-state index in [1.807, 2.05) is 32.9 Å². The van der Waals surface area contributed by atoms with Gasteiger partial charge < -0.3 is 19.3 Å². The third-order valence-corrected chi connectivity index (χ3v) is 5.38. The normalized spacial score (nSPS) is 30.5. The Balaban J connectivity index is 1.58. The molecule has 1 aromatic rings. The molecular formula is C20H27NO5. The van der Waals surface area contributed by atoms with Crippen LogP contribution in [0.2, 0.25) is 0 Å². The summed E-state index contributed by atoms with van der Waals surface area (Å²) in [6.07, 6.45) is 1.45. The molecule has 4 rings (SSSR count). The summed E-state index contributed by atoms with van der Waals surface area (Å²) in [5, 5.41) is 11.4. The lowest BCUT2D eigenvalue weighted by atomic mass is 9.76. The molecule has 142 valence electrons. The Bertz CT molecular complexity index is 697. The van der Waals surface area contributed by atoms with Crippen LogP contribution in [0, 0.1) is 0 Å². The van der Waals surface area contributed by atoms with Crippen LogP contribution >= 0.6 is 0 Å². The molecule has 2 bridgehead atoms. The maximum Gasteiger partial charge on any atom is 0.410 e. The minimum absolute atomic E-state index is 0.188. The van der Waals surface area contributed by atoms with Crippen LogP contribution < -0.4 is 4.74 Å². The molecule has 3 heterocycles. The van der Waals surface area contributed by atoms with E-state index >= 15 is 0 Å². The molecule has 2 fully saturated rings. The lowest BCUT2D eigenvalue weighted by molar-refractivity contribution is -0.141. The van der Waals surface area contributed by atoms with Crippen LogP contribution in [0.5, 0.6) is 5.75 Å². The first kappa shape index (κ1) is 17.6. The van der Waals surface area contributed by atoms with Gasteiger partial charge in [-0.1, -0.05) is 6.07 Å². The molecule has 2 unspecified atom stereocenters. The number of benzene rings is 1. The van der Waals surface area contributed by atoms with Crippen molar-refractivity contribution in [1.82, 2.24) is 4.90 Å². The summed E-state index contributed by atoms with van der Waals surface area (Å²) in [6.45, 7) is 7.14. The topological polar surface area (TPSA) is 68.2 Å². The van der Waals surface area contributed by atoms with Gasteiger partial charge in [-0.25, -0.2) is 4.79 Å². The van der Waals surface area contributed by atoms with Crippen molar-refractivity contribution in [2.24, 2.45) is 0 Å². The van der Waals surface area contributed by atoms with Crippen LogP contribution in [-0.2, 0) is 21.5 Å². The molecule has 1 amide bonds. The first-order valence-corrected chi connectivity index (χ1v) is 9.33. The SMILES string of the molecule is CC(C)(C)OC(=O)N1C2COCC1CC(O)(c1ccc3c(c1)CCO3)C2. The molecule has 0 aliphatic carbocycles. The Morgan fingerprint density at radius 2 is 1.96 bits per heavy atom. The molecule has 2 saturated heterocycles. The predicted molar refractivity (Wildman–Crippen MR) is 95.2 cm³/mol. The number of carbonyl (C=O) groups excluding carboxylic acids is 1. The van der Waals surface area contributed by atoms with E-state index in [2.05, 4.69) is 6.07 Å². The zero-order chi connectivity index (χ0) is 18.5. The Morgan fingerprint density at radius 3 is 2.62 bits per heavy atom. The number of hydrogen-bond donors (Lipinski definition) is 1. The number of rotatable bonds is 1. The summed E-state index contributed by atoms with van der Waals surface area (Å²) in [4.78, 5) is 14.5. The van der Waals surface area contributed by atoms with Crippen molar-refractivity contribution in [3.63, 3.8) is 0 Å². The van der Waals surface area contributed by atoms with Crippen molar-refractivity contribution in [2.45, 2.75) is 63.3 Å². The second kappa shape index (κ2) is 6.13. The highest BCUT2D eigenvalue weighted by Gasteiger charge is 2.50. The number of fused-ring (bicyclic) bond motifs is 3. The van der Waals surface area contributed by atoms with Gasteiger partial charge in [0.2, 0.25) is 0 Å². The standard InChI is InChI=1S/C20H27NO5/c1-19(2,3)26-18(22)21-15-9-20(23,10-16(21)12-24-11-15)14-4-5-17-13(8-14)6-7-25-17/h4-5,8,15-16,23H,6-7,9-12H2,1-3H3. The number of amides is 1. The number of aliphatic hydroxyl groups is 1.